The van der Waals surface area contributed by atoms with E-state index in [0.29, 0.717) is 23.7 Å². The van der Waals surface area contributed by atoms with Crippen LogP contribution in [-0.2, 0) is 11.4 Å². The van der Waals surface area contributed by atoms with E-state index >= 15 is 0 Å². The van der Waals surface area contributed by atoms with Gasteiger partial charge in [-0.3, -0.25) is 4.79 Å². The number of halogens is 1. The van der Waals surface area contributed by atoms with Gasteiger partial charge in [0.05, 0.1) is 10.7 Å². The summed E-state index contributed by atoms with van der Waals surface area (Å²) < 4.78 is 12.4. The number of nitriles is 1. The Hall–Kier alpha value is -3.05. The molecule has 0 saturated carbocycles. The Bertz CT molecular complexity index is 1160. The van der Waals surface area contributed by atoms with E-state index in [1.54, 1.807) is 19.2 Å². The van der Waals surface area contributed by atoms with E-state index in [-0.39, 0.29) is 5.57 Å². The monoisotopic (exact) mass is 498 g/mol. The molecule has 0 spiro atoms. The van der Waals surface area contributed by atoms with E-state index < -0.39 is 5.91 Å². The molecule has 3 aromatic carbocycles. The Balaban J connectivity index is 1.96. The summed E-state index contributed by atoms with van der Waals surface area (Å²) in [5.41, 5.74) is 8.00. The van der Waals surface area contributed by atoms with Crippen LogP contribution < -0.4 is 15.2 Å². The van der Waals surface area contributed by atoms with Crippen LogP contribution in [0.4, 0.5) is 0 Å². The van der Waals surface area contributed by atoms with Gasteiger partial charge in [-0.15, -0.1) is 0 Å². The van der Waals surface area contributed by atoms with Crippen molar-refractivity contribution in [2.24, 2.45) is 5.73 Å². The average molecular weight is 498 g/mol. The maximum Gasteiger partial charge on any atom is 0.259 e. The van der Waals surface area contributed by atoms with Crippen LogP contribution in [0, 0.1) is 21.8 Å². The maximum atomic E-state index is 11.3. The van der Waals surface area contributed by atoms with Gasteiger partial charge in [-0.25, -0.2) is 0 Å². The first kappa shape index (κ1) is 20.7. The van der Waals surface area contributed by atoms with Gasteiger partial charge in [-0.1, -0.05) is 36.4 Å². The summed E-state index contributed by atoms with van der Waals surface area (Å²) in [6, 6.07) is 17.7. The van der Waals surface area contributed by atoms with E-state index in [2.05, 4.69) is 53.8 Å². The lowest BCUT2D eigenvalue weighted by atomic mass is 10.0. The van der Waals surface area contributed by atoms with Crippen LogP contribution in [0.25, 0.3) is 16.8 Å². The number of fused-ring (bicyclic) bond motifs is 1. The van der Waals surface area contributed by atoms with Crippen molar-refractivity contribution in [3.8, 4) is 17.6 Å². The van der Waals surface area contributed by atoms with Gasteiger partial charge >= 0.3 is 0 Å². The summed E-state index contributed by atoms with van der Waals surface area (Å²) in [6.07, 6.45) is 1.44. The Morgan fingerprint density at radius 1 is 1.24 bits per heavy atom. The van der Waals surface area contributed by atoms with E-state index in [4.69, 9.17) is 20.5 Å². The fourth-order valence-corrected chi connectivity index (χ4v) is 3.85. The van der Waals surface area contributed by atoms with Gasteiger partial charge in [-0.05, 0) is 69.6 Å². The van der Waals surface area contributed by atoms with Crippen LogP contribution in [0.1, 0.15) is 16.7 Å². The third kappa shape index (κ3) is 4.51. The van der Waals surface area contributed by atoms with E-state index in [0.717, 1.165) is 25.5 Å². The van der Waals surface area contributed by atoms with Crippen LogP contribution in [0.15, 0.2) is 54.1 Å². The summed E-state index contributed by atoms with van der Waals surface area (Å²) in [6.45, 7) is 2.45. The minimum absolute atomic E-state index is 0.122. The molecule has 0 aliphatic rings. The van der Waals surface area contributed by atoms with Crippen molar-refractivity contribution in [3.05, 3.63) is 74.4 Å². The van der Waals surface area contributed by atoms with Crippen molar-refractivity contribution in [2.75, 3.05) is 7.11 Å². The molecule has 5 nitrogen and oxygen atoms in total. The van der Waals surface area contributed by atoms with Crippen LogP contribution in [0.2, 0.25) is 0 Å². The van der Waals surface area contributed by atoms with Gasteiger partial charge in [0.2, 0.25) is 0 Å². The molecule has 0 aliphatic heterocycles. The molecule has 0 saturated heterocycles. The van der Waals surface area contributed by atoms with Crippen LogP contribution in [0.5, 0.6) is 11.5 Å². The first-order valence-electron chi connectivity index (χ1n) is 8.83. The molecule has 2 N–H and O–H groups in total. The van der Waals surface area contributed by atoms with Crippen molar-refractivity contribution in [1.82, 2.24) is 0 Å². The molecule has 0 aliphatic carbocycles. The second kappa shape index (κ2) is 8.97. The maximum absolute atomic E-state index is 11.3. The zero-order valence-corrected chi connectivity index (χ0v) is 18.2. The lowest BCUT2D eigenvalue weighted by Gasteiger charge is -2.16. The summed E-state index contributed by atoms with van der Waals surface area (Å²) in [5, 5.41) is 11.4. The lowest BCUT2D eigenvalue weighted by molar-refractivity contribution is -0.114. The Morgan fingerprint density at radius 3 is 2.69 bits per heavy atom. The van der Waals surface area contributed by atoms with Crippen molar-refractivity contribution < 1.29 is 14.3 Å². The largest absolute Gasteiger partial charge is 0.493 e. The molecule has 0 atom stereocenters. The first-order chi connectivity index (χ1) is 13.9. The second-order valence-corrected chi connectivity index (χ2v) is 7.60. The minimum atomic E-state index is -0.770. The number of methoxy groups -OCH3 is 1. The van der Waals surface area contributed by atoms with Gasteiger partial charge in [0, 0.05) is 5.56 Å². The van der Waals surface area contributed by atoms with Crippen molar-refractivity contribution in [2.45, 2.75) is 13.5 Å². The highest BCUT2D eigenvalue weighted by atomic mass is 127. The summed E-state index contributed by atoms with van der Waals surface area (Å²) in [7, 11) is 1.55. The Labute approximate surface area is 182 Å². The molecule has 0 bridgehead atoms. The molecule has 0 unspecified atom stereocenters. The molecular formula is C23H19IN2O3. The molecule has 3 aromatic rings. The first-order valence-corrected chi connectivity index (χ1v) is 9.91. The summed E-state index contributed by atoms with van der Waals surface area (Å²) in [4.78, 5) is 11.3. The third-order valence-corrected chi connectivity index (χ3v) is 5.39. The number of nitrogens with zero attached hydrogens (tertiary/aromatic N) is 1. The lowest BCUT2D eigenvalue weighted by Crippen LogP contribution is -2.12. The molecule has 29 heavy (non-hydrogen) atoms. The minimum Gasteiger partial charge on any atom is -0.493 e. The predicted octanol–water partition coefficient (Wildman–Crippen LogP) is 4.73. The second-order valence-electron chi connectivity index (χ2n) is 6.44. The van der Waals surface area contributed by atoms with Crippen molar-refractivity contribution in [1.29, 1.82) is 5.26 Å². The fourth-order valence-electron chi connectivity index (χ4n) is 3.07. The Morgan fingerprint density at radius 2 is 2.00 bits per heavy atom. The topological polar surface area (TPSA) is 85.3 Å². The molecule has 3 rings (SSSR count). The molecule has 6 heteroatoms. The van der Waals surface area contributed by atoms with Gasteiger partial charge < -0.3 is 15.2 Å². The number of hydrogen-bond donors (Lipinski definition) is 1. The normalized spacial score (nSPS) is 11.2. The molecule has 0 heterocycles. The van der Waals surface area contributed by atoms with Crippen molar-refractivity contribution >= 4 is 45.3 Å². The van der Waals surface area contributed by atoms with Gasteiger partial charge in [0.1, 0.15) is 18.2 Å². The highest BCUT2D eigenvalue weighted by Gasteiger charge is 2.14. The van der Waals surface area contributed by atoms with Gasteiger partial charge in [0.15, 0.2) is 11.5 Å². The molecule has 1 amide bonds. The number of hydrogen-bond acceptors (Lipinski definition) is 4. The average Bonchev–Trinajstić information content (AvgIpc) is 2.71. The standard InChI is InChI=1S/C23H19IN2O3/c1-14-7-8-16-5-3-4-6-18(16)19(14)13-29-22-20(24)10-15(11-21(22)28-2)9-17(12-25)23(26)27/h3-11H,13H2,1-2H3,(H2,26,27)/b17-9+. The van der Waals surface area contributed by atoms with E-state index in [9.17, 15) is 4.79 Å². The third-order valence-electron chi connectivity index (χ3n) is 4.58. The number of ether oxygens (including phenoxy) is 2. The number of nitrogens with two attached hydrogens (primary N) is 1. The predicted molar refractivity (Wildman–Crippen MR) is 122 cm³/mol. The van der Waals surface area contributed by atoms with E-state index in [1.807, 2.05) is 18.2 Å². The SMILES string of the molecule is COc1cc(/C=C(\C#N)C(N)=O)cc(I)c1OCc1c(C)ccc2ccccc12. The number of aryl methyl sites for hydroxylation is 1. The fraction of sp³-hybridized carbons (Fsp3) is 0.130. The highest BCUT2D eigenvalue weighted by Crippen LogP contribution is 2.36. The number of amides is 1. The molecular weight excluding hydrogens is 479 g/mol. The molecule has 0 fully saturated rings. The zero-order valence-electron chi connectivity index (χ0n) is 16.0. The smallest absolute Gasteiger partial charge is 0.259 e. The van der Waals surface area contributed by atoms with Crippen molar-refractivity contribution in [3.63, 3.8) is 0 Å². The highest BCUT2D eigenvalue weighted by molar-refractivity contribution is 14.1. The quantitative estimate of drug-likeness (QED) is 0.303. The molecule has 146 valence electrons. The van der Waals surface area contributed by atoms with Crippen LogP contribution in [0.3, 0.4) is 0 Å². The zero-order chi connectivity index (χ0) is 21.0. The number of carbonyl (C=O) groups excluding carboxylic acids is 1. The van der Waals surface area contributed by atoms with Crippen LogP contribution in [-0.4, -0.2) is 13.0 Å². The number of primary amides is 1. The molecule has 0 radical (unpaired) electrons. The number of benzene rings is 3. The van der Waals surface area contributed by atoms with Gasteiger partial charge in [-0.2, -0.15) is 5.26 Å². The number of carbonyl (C=O) groups is 1. The summed E-state index contributed by atoms with van der Waals surface area (Å²) >= 11 is 2.15. The summed E-state index contributed by atoms with van der Waals surface area (Å²) in [5.74, 6) is 0.353. The van der Waals surface area contributed by atoms with E-state index in [1.165, 1.54) is 6.08 Å². The van der Waals surface area contributed by atoms with Gasteiger partial charge in [0.25, 0.3) is 5.91 Å². The molecule has 0 aromatic heterocycles. The Kier molecular flexibility index (Phi) is 6.39. The van der Waals surface area contributed by atoms with Crippen LogP contribution >= 0.6 is 22.6 Å². The number of rotatable bonds is 6.